The van der Waals surface area contributed by atoms with E-state index in [1.807, 2.05) is 0 Å². The molecule has 2 atom stereocenters. The van der Waals surface area contributed by atoms with E-state index >= 15 is 0 Å². The number of hydrogen-bond acceptors (Lipinski definition) is 12. The number of ether oxygens (including phenoxy) is 2. The van der Waals surface area contributed by atoms with Crippen molar-refractivity contribution in [2.75, 3.05) is 13.2 Å². The summed E-state index contributed by atoms with van der Waals surface area (Å²) in [5, 5.41) is 0. The third-order valence-electron chi connectivity index (χ3n) is 1.80. The zero-order valence-corrected chi connectivity index (χ0v) is 25.2. The second-order valence-corrected chi connectivity index (χ2v) is 5.66. The molecular formula is C8H12Na4O12P2. The van der Waals surface area contributed by atoms with Crippen LogP contribution in [-0.2, 0) is 37.2 Å². The maximum Gasteiger partial charge on any atom is 1.00 e. The molecule has 0 bridgehead atoms. The Hall–Kier alpha value is 3.16. The van der Waals surface area contributed by atoms with E-state index in [0.29, 0.717) is 0 Å². The van der Waals surface area contributed by atoms with Crippen molar-refractivity contribution in [3.63, 3.8) is 0 Å². The molecule has 0 aromatic rings. The summed E-state index contributed by atoms with van der Waals surface area (Å²) in [5.41, 5.74) is 0. The first-order chi connectivity index (χ1) is 9.91. The van der Waals surface area contributed by atoms with E-state index in [0.717, 1.165) is 0 Å². The SMILES string of the molecule is CCOC(=O)[C@H](OP(=O)([O-])[O-])[C@@H](OP(=O)([O-])[O-])C(=O)OCC.[Na+].[Na+].[Na+].[Na+]. The fourth-order valence-electron chi connectivity index (χ4n) is 1.17. The van der Waals surface area contributed by atoms with E-state index in [4.69, 9.17) is 0 Å². The quantitative estimate of drug-likeness (QED) is 0.181. The fourth-order valence-corrected chi connectivity index (χ4v) is 2.12. The van der Waals surface area contributed by atoms with Crippen LogP contribution < -0.4 is 138 Å². The molecule has 0 aromatic heterocycles. The summed E-state index contributed by atoms with van der Waals surface area (Å²) in [6.45, 7) is 1.91. The number of carbonyl (C=O) groups is 2. The van der Waals surface area contributed by atoms with E-state index in [1.54, 1.807) is 0 Å². The van der Waals surface area contributed by atoms with Gasteiger partial charge in [-0.15, -0.1) is 0 Å². The molecule has 0 spiro atoms. The summed E-state index contributed by atoms with van der Waals surface area (Å²) >= 11 is 0. The summed E-state index contributed by atoms with van der Waals surface area (Å²) in [7, 11) is -11.7. The van der Waals surface area contributed by atoms with Crippen molar-refractivity contribution in [3.8, 4) is 0 Å². The van der Waals surface area contributed by atoms with E-state index in [-0.39, 0.29) is 131 Å². The Bertz CT molecular complexity index is 450. The predicted molar refractivity (Wildman–Crippen MR) is 58.2 cm³/mol. The minimum Gasteiger partial charge on any atom is -0.790 e. The van der Waals surface area contributed by atoms with Gasteiger partial charge in [0.15, 0.2) is 12.2 Å². The van der Waals surface area contributed by atoms with Crippen molar-refractivity contribution in [2.24, 2.45) is 0 Å². The topological polar surface area (TPSA) is 197 Å². The molecule has 0 rings (SSSR count). The van der Waals surface area contributed by atoms with Crippen molar-refractivity contribution < 1.29 is 175 Å². The molecule has 0 heterocycles. The van der Waals surface area contributed by atoms with Gasteiger partial charge < -0.3 is 47.2 Å². The molecule has 0 saturated carbocycles. The van der Waals surface area contributed by atoms with Crippen LogP contribution in [0, 0.1) is 0 Å². The number of esters is 2. The van der Waals surface area contributed by atoms with E-state index in [1.165, 1.54) is 13.8 Å². The monoisotopic (exact) mass is 454 g/mol. The molecule has 26 heavy (non-hydrogen) atoms. The molecule has 0 aromatic carbocycles. The van der Waals surface area contributed by atoms with Crippen molar-refractivity contribution >= 4 is 27.6 Å². The second-order valence-electron chi connectivity index (χ2n) is 3.45. The molecule has 0 radical (unpaired) electrons. The van der Waals surface area contributed by atoms with E-state index < -0.39 is 39.8 Å². The maximum atomic E-state index is 11.5. The first kappa shape index (κ1) is 39.6. The third-order valence-corrected chi connectivity index (χ3v) is 2.77. The number of rotatable bonds is 9. The molecule has 18 heteroatoms. The van der Waals surface area contributed by atoms with Crippen LogP contribution in [0.4, 0.5) is 0 Å². The summed E-state index contributed by atoms with van der Waals surface area (Å²) in [5.74, 6) is -3.22. The molecule has 0 amide bonds. The Kier molecular flexibility index (Phi) is 28.8. The van der Waals surface area contributed by atoms with Crippen molar-refractivity contribution in [3.05, 3.63) is 0 Å². The first-order valence-electron chi connectivity index (χ1n) is 5.65. The van der Waals surface area contributed by atoms with Crippen LogP contribution in [0.1, 0.15) is 13.8 Å². The largest absolute Gasteiger partial charge is 1.00 e. The Morgan fingerprint density at radius 1 is 0.731 bits per heavy atom. The van der Waals surface area contributed by atoms with Gasteiger partial charge >= 0.3 is 130 Å². The molecule has 0 aliphatic rings. The van der Waals surface area contributed by atoms with Crippen LogP contribution in [0.15, 0.2) is 0 Å². The third kappa shape index (κ3) is 19.1. The van der Waals surface area contributed by atoms with Gasteiger partial charge in [-0.1, -0.05) is 0 Å². The Morgan fingerprint density at radius 3 is 1.12 bits per heavy atom. The van der Waals surface area contributed by atoms with Crippen LogP contribution >= 0.6 is 15.6 Å². The zero-order valence-electron chi connectivity index (χ0n) is 15.4. The average Bonchev–Trinajstić information content (AvgIpc) is 2.31. The van der Waals surface area contributed by atoms with Crippen LogP contribution in [0.25, 0.3) is 0 Å². The van der Waals surface area contributed by atoms with Gasteiger partial charge in [0.2, 0.25) is 0 Å². The Balaban J connectivity index is -0.000000367. The normalized spacial score (nSPS) is 12.7. The average molecular weight is 454 g/mol. The van der Waals surface area contributed by atoms with Crippen LogP contribution in [0.5, 0.6) is 0 Å². The standard InChI is InChI=1S/C8H16O12P2.4Na/c1-3-17-7(9)5(19-21(11,12)13)6(8(10)18-4-2)20-22(14,15)16;;;;/h5-6H,3-4H2,1-2H3,(H2,11,12,13)(H2,14,15,16);;;;/q;4*+1/p-4/t5-,6-;;;;/m1..../s1. The van der Waals surface area contributed by atoms with Gasteiger partial charge in [-0.05, 0) is 13.8 Å². The minimum atomic E-state index is -5.86. The van der Waals surface area contributed by atoms with Gasteiger partial charge in [-0.3, -0.25) is 0 Å². The molecule has 0 fully saturated rings. The van der Waals surface area contributed by atoms with Gasteiger partial charge in [0.05, 0.1) is 28.9 Å². The zero-order chi connectivity index (χ0) is 17.6. The van der Waals surface area contributed by atoms with Gasteiger partial charge in [0.25, 0.3) is 0 Å². The molecule has 0 aliphatic heterocycles. The molecule has 0 N–H and O–H groups in total. The van der Waals surface area contributed by atoms with Gasteiger partial charge in [0, 0.05) is 0 Å². The minimum absolute atomic E-state index is 0. The number of phosphoric acid groups is 2. The summed E-state index contributed by atoms with van der Waals surface area (Å²) in [4.78, 5) is 65.5. The molecule has 0 unspecified atom stereocenters. The summed E-state index contributed by atoms with van der Waals surface area (Å²) < 4.78 is 37.4. The number of hydrogen-bond donors (Lipinski definition) is 0. The number of phosphoric ester groups is 2. The molecule has 12 nitrogen and oxygen atoms in total. The Morgan fingerprint density at radius 2 is 0.962 bits per heavy atom. The van der Waals surface area contributed by atoms with Crippen molar-refractivity contribution in [2.45, 2.75) is 26.1 Å². The predicted octanol–water partition coefficient (Wildman–Crippen LogP) is -15.4. The molecular weight excluding hydrogens is 442 g/mol. The number of carbonyl (C=O) groups excluding carboxylic acids is 2. The maximum absolute atomic E-state index is 11.5. The molecule has 0 aliphatic carbocycles. The Labute approximate surface area is 238 Å². The van der Waals surface area contributed by atoms with Crippen LogP contribution in [0.3, 0.4) is 0 Å². The van der Waals surface area contributed by atoms with E-state index in [9.17, 15) is 38.3 Å². The van der Waals surface area contributed by atoms with Gasteiger partial charge in [-0.25, -0.2) is 9.59 Å². The van der Waals surface area contributed by atoms with Crippen LogP contribution in [0.2, 0.25) is 0 Å². The van der Waals surface area contributed by atoms with Gasteiger partial charge in [0.1, 0.15) is 0 Å². The first-order valence-corrected chi connectivity index (χ1v) is 8.57. The van der Waals surface area contributed by atoms with Crippen molar-refractivity contribution in [1.82, 2.24) is 0 Å². The summed E-state index contributed by atoms with van der Waals surface area (Å²) in [6.07, 6.45) is -5.29. The van der Waals surface area contributed by atoms with Crippen LogP contribution in [-0.4, -0.2) is 37.4 Å². The molecule has 0 saturated heterocycles. The smallest absolute Gasteiger partial charge is 0.790 e. The second kappa shape index (κ2) is 18.9. The van der Waals surface area contributed by atoms with E-state index in [2.05, 4.69) is 18.5 Å². The van der Waals surface area contributed by atoms with Crippen molar-refractivity contribution in [1.29, 1.82) is 0 Å². The summed E-state index contributed by atoms with van der Waals surface area (Å²) in [6, 6.07) is 0. The molecule has 130 valence electrons. The van der Waals surface area contributed by atoms with Gasteiger partial charge in [-0.2, -0.15) is 0 Å². The fraction of sp³-hybridized carbons (Fsp3) is 0.750.